The van der Waals surface area contributed by atoms with Crippen molar-refractivity contribution in [3.8, 4) is 0 Å². The number of carbonyl (C=O) groups excluding carboxylic acids is 1. The van der Waals surface area contributed by atoms with Crippen LogP contribution in [0.2, 0.25) is 0 Å². The molecule has 0 aliphatic carbocycles. The molecule has 0 aromatic carbocycles. The monoisotopic (exact) mass is 331 g/mol. The number of hydrogen-bond acceptors (Lipinski definition) is 4. The number of likely N-dealkylation sites (N-methyl/N-ethyl adjacent to an activating group) is 1. The van der Waals surface area contributed by atoms with Crippen molar-refractivity contribution in [2.24, 2.45) is 5.89 Å². The van der Waals surface area contributed by atoms with Crippen LogP contribution < -0.4 is 4.90 Å². The lowest BCUT2D eigenvalue weighted by Gasteiger charge is -2.41. The van der Waals surface area contributed by atoms with Gasteiger partial charge in [0, 0.05) is 27.2 Å². The predicted octanol–water partition coefficient (Wildman–Crippen LogP) is 1.86. The number of piperidine rings is 1. The fraction of sp³-hybridized carbons (Fsp3) is 0.529. The van der Waals surface area contributed by atoms with E-state index < -0.39 is 24.3 Å². The molecule has 1 N–H and O–H groups in total. The molecule has 1 saturated heterocycles. The summed E-state index contributed by atoms with van der Waals surface area (Å²) < 4.78 is 41.4. The van der Waals surface area contributed by atoms with Crippen LogP contribution in [0.3, 0.4) is 0 Å². The Morgan fingerprint density at radius 1 is 1.71 bits per heavy atom. The Labute approximate surface area is 148 Å². The Morgan fingerprint density at radius 2 is 2.50 bits per heavy atom. The number of fused-ring (bicyclic) bond motifs is 1. The Kier molecular flexibility index (Phi) is 2.97. The highest BCUT2D eigenvalue weighted by molar-refractivity contribution is 5.88. The molecule has 0 radical (unpaired) electrons. The molecule has 7 nitrogen and oxygen atoms in total. The van der Waals surface area contributed by atoms with Crippen molar-refractivity contribution in [1.29, 1.82) is 0 Å². The Morgan fingerprint density at radius 3 is 3.25 bits per heavy atom. The maximum absolute atomic E-state index is 12.5. The summed E-state index contributed by atoms with van der Waals surface area (Å²) >= 11 is 0. The van der Waals surface area contributed by atoms with Crippen LogP contribution in [0.4, 0.5) is 5.82 Å². The van der Waals surface area contributed by atoms with Crippen LogP contribution in [0, 0.1) is 19.4 Å². The van der Waals surface area contributed by atoms with Gasteiger partial charge in [0.1, 0.15) is 20.5 Å². The lowest BCUT2D eigenvalue weighted by Crippen LogP contribution is -2.53. The van der Waals surface area contributed by atoms with E-state index in [1.807, 2.05) is 0 Å². The minimum atomic E-state index is -2.72. The highest BCUT2D eigenvalue weighted by Gasteiger charge is 2.33. The summed E-state index contributed by atoms with van der Waals surface area (Å²) in [5.74, 6) is -2.06. The summed E-state index contributed by atoms with van der Waals surface area (Å²) in [5, 5.41) is 0.412. The minimum absolute atomic E-state index is 0.0779. The zero-order valence-electron chi connectivity index (χ0n) is 18.8. The van der Waals surface area contributed by atoms with Gasteiger partial charge in [-0.3, -0.25) is 4.79 Å². The van der Waals surface area contributed by atoms with E-state index in [1.54, 1.807) is 20.9 Å². The van der Waals surface area contributed by atoms with Crippen LogP contribution in [0.15, 0.2) is 12.4 Å². The summed E-state index contributed by atoms with van der Waals surface area (Å²) in [6.45, 7) is 7.33. The molecule has 0 bridgehead atoms. The number of rotatable bonds is 3. The molecule has 126 valence electrons. The first kappa shape index (κ1) is 11.0. The van der Waals surface area contributed by atoms with Crippen molar-refractivity contribution in [2.75, 3.05) is 31.5 Å². The van der Waals surface area contributed by atoms with Gasteiger partial charge in [-0.1, -0.05) is 6.92 Å². The Bertz CT molecular complexity index is 1020. The zero-order valence-corrected chi connectivity index (χ0v) is 13.8. The second-order valence-corrected chi connectivity index (χ2v) is 5.78. The van der Waals surface area contributed by atoms with Crippen molar-refractivity contribution >= 4 is 22.8 Å². The van der Waals surface area contributed by atoms with E-state index in [-0.39, 0.29) is 31.4 Å². The van der Waals surface area contributed by atoms with E-state index in [9.17, 15) is 4.79 Å². The van der Waals surface area contributed by atoms with E-state index in [1.165, 1.54) is 11.2 Å². The Balaban J connectivity index is 2.07. The van der Waals surface area contributed by atoms with E-state index in [4.69, 9.17) is 13.4 Å². The van der Waals surface area contributed by atoms with Gasteiger partial charge < -0.3 is 19.6 Å². The minimum Gasteiger partial charge on any atom is -0.354 e. The smallest absolute Gasteiger partial charge is 0.302 e. The molecular formula is C17H22N6O. The van der Waals surface area contributed by atoms with E-state index in [0.29, 0.717) is 16.7 Å². The SMILES string of the molecule is [2H]c1c(C)[nH]c2ncnc(N(C)[C@@]3([2H])CN(C(=O)C([2H])([2H])[N+]#[C-])CC[C@@]3([2H])C)c12. The summed E-state index contributed by atoms with van der Waals surface area (Å²) in [4.78, 5) is 29.2. The molecule has 0 unspecified atom stereocenters. The van der Waals surface area contributed by atoms with Gasteiger partial charge in [0.2, 0.25) is 0 Å². The van der Waals surface area contributed by atoms with Crippen LogP contribution in [0.5, 0.6) is 0 Å². The molecule has 7 heteroatoms. The molecule has 1 aliphatic rings. The molecule has 1 aliphatic heterocycles. The molecule has 1 amide bonds. The first-order valence-electron chi connectivity index (χ1n) is 10.1. The number of carbonyl (C=O) groups is 1. The van der Waals surface area contributed by atoms with Gasteiger partial charge in [0.25, 0.3) is 6.50 Å². The third-order valence-corrected chi connectivity index (χ3v) is 4.20. The van der Waals surface area contributed by atoms with Gasteiger partial charge in [-0.2, -0.15) is 0 Å². The standard InChI is InChI=1S/C17H22N6O/c1-11-5-6-23(15(24)8-18-3)9-14(11)22(4)17-13-7-12(2)21-16(13)19-10-20-17/h7,10-11,14H,5-6,8-9H2,1-2,4H3,(H,19,20,21)/t11-,14+/m1/s1/i7D,8D2,11D,14D. The maximum Gasteiger partial charge on any atom is 0.302 e. The number of hydrogen-bond donors (Lipinski definition) is 1. The van der Waals surface area contributed by atoms with Gasteiger partial charge >= 0.3 is 5.91 Å². The highest BCUT2D eigenvalue weighted by atomic mass is 16.2. The van der Waals surface area contributed by atoms with Gasteiger partial charge in [-0.05, 0) is 25.3 Å². The van der Waals surface area contributed by atoms with Crippen LogP contribution in [-0.4, -0.2) is 58.4 Å². The van der Waals surface area contributed by atoms with Gasteiger partial charge in [0.15, 0.2) is 0 Å². The maximum atomic E-state index is 12.5. The van der Waals surface area contributed by atoms with Crippen LogP contribution in [0.1, 0.15) is 25.9 Å². The lowest BCUT2D eigenvalue weighted by atomic mass is 9.92. The number of aromatic nitrogens is 3. The van der Waals surface area contributed by atoms with Crippen LogP contribution >= 0.6 is 0 Å². The van der Waals surface area contributed by atoms with Crippen LogP contribution in [0.25, 0.3) is 15.9 Å². The summed E-state index contributed by atoms with van der Waals surface area (Å²) in [5.41, 5.74) is 1.03. The van der Waals surface area contributed by atoms with Crippen LogP contribution in [-0.2, 0) is 4.79 Å². The second kappa shape index (κ2) is 6.48. The first-order valence-corrected chi connectivity index (χ1v) is 7.57. The zero-order chi connectivity index (χ0) is 21.8. The molecule has 1 fully saturated rings. The molecule has 2 atom stereocenters. The fourth-order valence-electron chi connectivity index (χ4n) is 2.89. The number of nitrogens with zero attached hydrogens (tertiary/aromatic N) is 5. The van der Waals surface area contributed by atoms with Gasteiger partial charge in [-0.15, -0.1) is 0 Å². The largest absolute Gasteiger partial charge is 0.354 e. The normalized spacial score (nSPS) is 30.6. The predicted molar refractivity (Wildman–Crippen MR) is 92.6 cm³/mol. The summed E-state index contributed by atoms with van der Waals surface area (Å²) in [6.07, 6.45) is 1.42. The van der Waals surface area contributed by atoms with Crippen molar-refractivity contribution in [3.63, 3.8) is 0 Å². The average molecular weight is 331 g/mol. The summed E-state index contributed by atoms with van der Waals surface area (Å²) in [6, 6.07) is -1.51. The summed E-state index contributed by atoms with van der Waals surface area (Å²) in [7, 11) is 1.57. The molecule has 0 spiro atoms. The lowest BCUT2D eigenvalue weighted by molar-refractivity contribution is -0.130. The van der Waals surface area contributed by atoms with Gasteiger partial charge in [0.05, 0.1) is 14.1 Å². The quantitative estimate of drug-likeness (QED) is 0.872. The number of aryl methyl sites for hydroxylation is 1. The molecule has 24 heavy (non-hydrogen) atoms. The number of H-pyrrole nitrogens is 1. The number of amides is 1. The topological polar surface area (TPSA) is 69.5 Å². The third-order valence-electron chi connectivity index (χ3n) is 4.20. The van der Waals surface area contributed by atoms with Crippen molar-refractivity contribution in [1.82, 2.24) is 19.9 Å². The molecule has 3 heterocycles. The Hall–Kier alpha value is -2.62. The number of anilines is 1. The highest BCUT2D eigenvalue weighted by Crippen LogP contribution is 2.29. The van der Waals surface area contributed by atoms with E-state index in [2.05, 4.69) is 19.8 Å². The van der Waals surface area contributed by atoms with Gasteiger partial charge in [-0.25, -0.2) is 16.5 Å². The fourth-order valence-corrected chi connectivity index (χ4v) is 2.89. The number of likely N-dealkylation sites (tertiary alicyclic amines) is 1. The number of aromatic amines is 1. The molecule has 3 rings (SSSR count). The second-order valence-electron chi connectivity index (χ2n) is 5.78. The molecular weight excluding hydrogens is 304 g/mol. The average Bonchev–Trinajstić information content (AvgIpc) is 2.97. The van der Waals surface area contributed by atoms with Crippen molar-refractivity contribution in [3.05, 3.63) is 29.5 Å². The van der Waals surface area contributed by atoms with Crippen molar-refractivity contribution < 1.29 is 11.6 Å². The molecule has 0 saturated carbocycles. The third kappa shape index (κ3) is 2.92. The molecule has 2 aromatic heterocycles. The van der Waals surface area contributed by atoms with E-state index in [0.717, 1.165) is 4.90 Å². The van der Waals surface area contributed by atoms with E-state index >= 15 is 0 Å². The van der Waals surface area contributed by atoms with Crippen molar-refractivity contribution in [2.45, 2.75) is 26.3 Å². The molecule has 2 aromatic rings. The first-order chi connectivity index (χ1) is 13.4. The number of nitrogens with one attached hydrogen (secondary N) is 1.